The molecule has 1 amide bonds. The summed E-state index contributed by atoms with van der Waals surface area (Å²) in [7, 11) is 0. The first-order valence-corrected chi connectivity index (χ1v) is 8.22. The molecular formula is C20H21N3O2. The zero-order chi connectivity index (χ0) is 17.8. The average molecular weight is 335 g/mol. The first-order chi connectivity index (χ1) is 12.0. The van der Waals surface area contributed by atoms with E-state index in [1.54, 1.807) is 42.6 Å². The molecule has 128 valence electrons. The van der Waals surface area contributed by atoms with Crippen LogP contribution < -0.4 is 15.8 Å². The fourth-order valence-electron chi connectivity index (χ4n) is 2.53. The van der Waals surface area contributed by atoms with Gasteiger partial charge in [0, 0.05) is 28.5 Å². The van der Waals surface area contributed by atoms with E-state index >= 15 is 0 Å². The summed E-state index contributed by atoms with van der Waals surface area (Å²) in [5.74, 6) is 0.883. The van der Waals surface area contributed by atoms with Crippen molar-refractivity contribution >= 4 is 28.2 Å². The number of nitrogen functional groups attached to an aromatic ring is 1. The Labute approximate surface area is 146 Å². The fourth-order valence-corrected chi connectivity index (χ4v) is 2.53. The molecule has 0 aliphatic rings. The third kappa shape index (κ3) is 3.88. The number of rotatable bonds is 5. The van der Waals surface area contributed by atoms with Crippen molar-refractivity contribution in [2.75, 3.05) is 17.7 Å². The van der Waals surface area contributed by atoms with Gasteiger partial charge in [0.2, 0.25) is 0 Å². The number of amides is 1. The maximum atomic E-state index is 12.7. The van der Waals surface area contributed by atoms with Crippen LogP contribution in [0.5, 0.6) is 5.75 Å². The van der Waals surface area contributed by atoms with Crippen molar-refractivity contribution < 1.29 is 9.53 Å². The van der Waals surface area contributed by atoms with Gasteiger partial charge in [0.25, 0.3) is 5.91 Å². The van der Waals surface area contributed by atoms with Crippen LogP contribution in [-0.4, -0.2) is 17.5 Å². The van der Waals surface area contributed by atoms with Crippen LogP contribution in [0.4, 0.5) is 11.4 Å². The van der Waals surface area contributed by atoms with Gasteiger partial charge in [-0.1, -0.05) is 26.0 Å². The standard InChI is InChI=1S/C20H21N3O2/c1-13(2)12-25-18-9-8-17(16-7-4-10-22-19(16)18)20(24)23-15-6-3-5-14(21)11-15/h3-11,13H,12,21H2,1-2H3,(H,23,24). The molecule has 2 aromatic carbocycles. The van der Waals surface area contributed by atoms with Gasteiger partial charge in [0.05, 0.1) is 6.61 Å². The van der Waals surface area contributed by atoms with E-state index in [1.807, 2.05) is 12.1 Å². The van der Waals surface area contributed by atoms with Gasteiger partial charge in [0.15, 0.2) is 0 Å². The summed E-state index contributed by atoms with van der Waals surface area (Å²) in [5.41, 5.74) is 8.24. The quantitative estimate of drug-likeness (QED) is 0.688. The second kappa shape index (κ2) is 7.21. The molecule has 3 aromatic rings. The van der Waals surface area contributed by atoms with Crippen LogP contribution in [0.1, 0.15) is 24.2 Å². The Bertz CT molecular complexity index is 906. The highest BCUT2D eigenvalue weighted by Crippen LogP contribution is 2.28. The number of hydrogen-bond donors (Lipinski definition) is 2. The van der Waals surface area contributed by atoms with Gasteiger partial charge in [-0.25, -0.2) is 0 Å². The van der Waals surface area contributed by atoms with Crippen LogP contribution in [0, 0.1) is 5.92 Å². The molecule has 0 radical (unpaired) electrons. The summed E-state index contributed by atoms with van der Waals surface area (Å²) in [6.45, 7) is 4.77. The Balaban J connectivity index is 1.94. The maximum Gasteiger partial charge on any atom is 0.256 e. The summed E-state index contributed by atoms with van der Waals surface area (Å²) < 4.78 is 5.84. The summed E-state index contributed by atoms with van der Waals surface area (Å²) in [5, 5.41) is 3.63. The fraction of sp³-hybridized carbons (Fsp3) is 0.200. The lowest BCUT2D eigenvalue weighted by Gasteiger charge is -2.13. The topological polar surface area (TPSA) is 77.2 Å². The van der Waals surface area contributed by atoms with Crippen LogP contribution in [0.25, 0.3) is 10.9 Å². The van der Waals surface area contributed by atoms with Crippen LogP contribution in [-0.2, 0) is 0 Å². The zero-order valence-electron chi connectivity index (χ0n) is 14.3. The molecule has 5 heteroatoms. The van der Waals surface area contributed by atoms with Crippen molar-refractivity contribution in [3.05, 3.63) is 60.3 Å². The van der Waals surface area contributed by atoms with Crippen molar-refractivity contribution in [1.29, 1.82) is 0 Å². The Morgan fingerprint density at radius 1 is 1.20 bits per heavy atom. The molecule has 25 heavy (non-hydrogen) atoms. The number of nitrogens with zero attached hydrogens (tertiary/aromatic N) is 1. The summed E-state index contributed by atoms with van der Waals surface area (Å²) in [6.07, 6.45) is 1.70. The molecule has 1 heterocycles. The molecule has 0 saturated heterocycles. The highest BCUT2D eigenvalue weighted by Gasteiger charge is 2.14. The minimum absolute atomic E-state index is 0.209. The van der Waals surface area contributed by atoms with Crippen molar-refractivity contribution in [3.63, 3.8) is 0 Å². The second-order valence-electron chi connectivity index (χ2n) is 6.30. The van der Waals surface area contributed by atoms with E-state index in [2.05, 4.69) is 24.1 Å². The van der Waals surface area contributed by atoms with Gasteiger partial charge < -0.3 is 15.8 Å². The van der Waals surface area contributed by atoms with E-state index in [0.29, 0.717) is 40.7 Å². The van der Waals surface area contributed by atoms with Crippen LogP contribution in [0.15, 0.2) is 54.7 Å². The van der Waals surface area contributed by atoms with Gasteiger partial charge in [-0.3, -0.25) is 9.78 Å². The largest absolute Gasteiger partial charge is 0.491 e. The number of hydrogen-bond acceptors (Lipinski definition) is 4. The van der Waals surface area contributed by atoms with Gasteiger partial charge in [-0.15, -0.1) is 0 Å². The summed E-state index contributed by atoms with van der Waals surface area (Å²) >= 11 is 0. The van der Waals surface area contributed by atoms with E-state index < -0.39 is 0 Å². The lowest BCUT2D eigenvalue weighted by atomic mass is 10.1. The predicted octanol–water partition coefficient (Wildman–Crippen LogP) is 4.10. The van der Waals surface area contributed by atoms with Crippen molar-refractivity contribution in [3.8, 4) is 5.75 Å². The van der Waals surface area contributed by atoms with E-state index in [4.69, 9.17) is 10.5 Å². The number of ether oxygens (including phenoxy) is 1. The number of carbonyl (C=O) groups excluding carboxylic acids is 1. The monoisotopic (exact) mass is 335 g/mol. The molecule has 0 atom stereocenters. The van der Waals surface area contributed by atoms with Gasteiger partial charge >= 0.3 is 0 Å². The van der Waals surface area contributed by atoms with Crippen molar-refractivity contribution in [1.82, 2.24) is 4.98 Å². The molecule has 0 bridgehead atoms. The second-order valence-corrected chi connectivity index (χ2v) is 6.30. The average Bonchev–Trinajstić information content (AvgIpc) is 2.59. The molecule has 0 unspecified atom stereocenters. The lowest BCUT2D eigenvalue weighted by molar-refractivity contribution is 0.102. The van der Waals surface area contributed by atoms with Crippen molar-refractivity contribution in [2.45, 2.75) is 13.8 Å². The number of carbonyl (C=O) groups is 1. The predicted molar refractivity (Wildman–Crippen MR) is 101 cm³/mol. The molecule has 1 aromatic heterocycles. The third-order valence-corrected chi connectivity index (χ3v) is 3.69. The van der Waals surface area contributed by atoms with Crippen LogP contribution in [0.2, 0.25) is 0 Å². The third-order valence-electron chi connectivity index (χ3n) is 3.69. The molecule has 5 nitrogen and oxygen atoms in total. The number of benzene rings is 2. The molecule has 0 fully saturated rings. The van der Waals surface area contributed by atoms with Gasteiger partial charge in [-0.2, -0.15) is 0 Å². The Kier molecular flexibility index (Phi) is 4.84. The smallest absolute Gasteiger partial charge is 0.256 e. The number of anilines is 2. The number of fused-ring (bicyclic) bond motifs is 1. The summed E-state index contributed by atoms with van der Waals surface area (Å²) in [4.78, 5) is 17.1. The minimum Gasteiger partial charge on any atom is -0.491 e. The van der Waals surface area contributed by atoms with E-state index in [9.17, 15) is 4.79 Å². The van der Waals surface area contributed by atoms with Crippen molar-refractivity contribution in [2.24, 2.45) is 5.92 Å². The molecule has 0 aliphatic heterocycles. The number of aromatic nitrogens is 1. The zero-order valence-corrected chi connectivity index (χ0v) is 14.3. The highest BCUT2D eigenvalue weighted by molar-refractivity contribution is 6.13. The lowest BCUT2D eigenvalue weighted by Crippen LogP contribution is -2.13. The Morgan fingerprint density at radius 2 is 2.04 bits per heavy atom. The molecule has 0 spiro atoms. The van der Waals surface area contributed by atoms with E-state index in [1.165, 1.54) is 0 Å². The first kappa shape index (κ1) is 16.8. The molecular weight excluding hydrogens is 314 g/mol. The number of pyridine rings is 1. The first-order valence-electron chi connectivity index (χ1n) is 8.22. The normalized spacial score (nSPS) is 10.8. The molecule has 3 rings (SSSR count). The Hall–Kier alpha value is -3.08. The van der Waals surface area contributed by atoms with E-state index in [0.717, 1.165) is 5.39 Å². The molecule has 3 N–H and O–H groups in total. The minimum atomic E-state index is -0.209. The molecule has 0 aliphatic carbocycles. The number of nitrogens with one attached hydrogen (secondary N) is 1. The van der Waals surface area contributed by atoms with E-state index in [-0.39, 0.29) is 5.91 Å². The van der Waals surface area contributed by atoms with Crippen LogP contribution in [0.3, 0.4) is 0 Å². The van der Waals surface area contributed by atoms with Gasteiger partial charge in [0.1, 0.15) is 11.3 Å². The Morgan fingerprint density at radius 3 is 2.80 bits per heavy atom. The molecule has 0 saturated carbocycles. The number of nitrogens with two attached hydrogens (primary N) is 1. The van der Waals surface area contributed by atoms with Crippen LogP contribution >= 0.6 is 0 Å². The highest BCUT2D eigenvalue weighted by atomic mass is 16.5. The maximum absolute atomic E-state index is 12.7. The SMILES string of the molecule is CC(C)COc1ccc(C(=O)Nc2cccc(N)c2)c2cccnc12. The van der Waals surface area contributed by atoms with Gasteiger partial charge in [-0.05, 0) is 42.3 Å². The summed E-state index contributed by atoms with van der Waals surface area (Å²) in [6, 6.07) is 14.3.